The number of halogens is 1. The monoisotopic (exact) mass is 465 g/mol. The van der Waals surface area contributed by atoms with Gasteiger partial charge in [-0.05, 0) is 63.2 Å². The van der Waals surface area contributed by atoms with E-state index in [0.29, 0.717) is 17.7 Å². The second-order valence-corrected chi connectivity index (χ2v) is 9.22. The van der Waals surface area contributed by atoms with Crippen LogP contribution in [-0.2, 0) is 16.1 Å². The van der Waals surface area contributed by atoms with Gasteiger partial charge in [-0.3, -0.25) is 9.59 Å². The molecular weight excluding hydrogens is 433 g/mol. The van der Waals surface area contributed by atoms with Gasteiger partial charge in [-0.25, -0.2) is 4.39 Å². The number of benzene rings is 2. The van der Waals surface area contributed by atoms with E-state index < -0.39 is 0 Å². The molecule has 180 valence electrons. The van der Waals surface area contributed by atoms with Crippen LogP contribution >= 0.6 is 0 Å². The van der Waals surface area contributed by atoms with E-state index in [-0.39, 0.29) is 42.1 Å². The SMILES string of the molecule is CN(C)CCNC(=O)c1ccc(/C=C2\OC3CCCCC3N(Cc3ccccc3F)C2=O)cc1. The fraction of sp³-hybridized carbons (Fsp3) is 0.407. The van der Waals surface area contributed by atoms with Gasteiger partial charge in [0, 0.05) is 30.8 Å². The van der Waals surface area contributed by atoms with Crippen LogP contribution in [-0.4, -0.2) is 60.9 Å². The second-order valence-electron chi connectivity index (χ2n) is 9.22. The normalized spacial score (nSPS) is 21.4. The molecule has 4 rings (SSSR count). The summed E-state index contributed by atoms with van der Waals surface area (Å²) in [5, 5.41) is 2.89. The van der Waals surface area contributed by atoms with Crippen LogP contribution in [0.15, 0.2) is 54.3 Å². The van der Waals surface area contributed by atoms with Crippen LogP contribution in [0, 0.1) is 5.82 Å². The molecule has 1 N–H and O–H groups in total. The lowest BCUT2D eigenvalue weighted by Gasteiger charge is -2.44. The van der Waals surface area contributed by atoms with Crippen LogP contribution in [0.4, 0.5) is 4.39 Å². The highest BCUT2D eigenvalue weighted by molar-refractivity contribution is 5.97. The average molecular weight is 466 g/mol. The molecule has 2 aromatic carbocycles. The van der Waals surface area contributed by atoms with Crippen molar-refractivity contribution in [2.24, 2.45) is 0 Å². The molecule has 2 aliphatic rings. The highest BCUT2D eigenvalue weighted by Crippen LogP contribution is 2.34. The zero-order valence-corrected chi connectivity index (χ0v) is 19.8. The van der Waals surface area contributed by atoms with Crippen molar-refractivity contribution in [3.05, 3.63) is 76.8 Å². The first-order chi connectivity index (χ1) is 16.4. The van der Waals surface area contributed by atoms with Crippen LogP contribution in [0.25, 0.3) is 6.08 Å². The Morgan fingerprint density at radius 1 is 1.15 bits per heavy atom. The van der Waals surface area contributed by atoms with Gasteiger partial charge in [0.1, 0.15) is 11.9 Å². The Hall–Kier alpha value is -3.19. The number of morpholine rings is 1. The first kappa shape index (κ1) is 24.0. The van der Waals surface area contributed by atoms with Gasteiger partial charge in [0.15, 0.2) is 5.76 Å². The molecule has 6 nitrogen and oxygen atoms in total. The van der Waals surface area contributed by atoms with E-state index in [9.17, 15) is 14.0 Å². The largest absolute Gasteiger partial charge is 0.482 e. The molecule has 2 atom stereocenters. The van der Waals surface area contributed by atoms with E-state index in [2.05, 4.69) is 5.32 Å². The maximum atomic E-state index is 14.3. The Morgan fingerprint density at radius 3 is 2.62 bits per heavy atom. The highest BCUT2D eigenvalue weighted by Gasteiger charge is 2.41. The number of ether oxygens (including phenoxy) is 1. The molecule has 1 aliphatic heterocycles. The number of hydrogen-bond donors (Lipinski definition) is 1. The zero-order chi connectivity index (χ0) is 24.1. The van der Waals surface area contributed by atoms with Gasteiger partial charge in [-0.1, -0.05) is 36.8 Å². The summed E-state index contributed by atoms with van der Waals surface area (Å²) in [7, 11) is 3.91. The zero-order valence-electron chi connectivity index (χ0n) is 19.8. The highest BCUT2D eigenvalue weighted by atomic mass is 19.1. The third-order valence-electron chi connectivity index (χ3n) is 6.43. The Kier molecular flexibility index (Phi) is 7.63. The molecule has 0 aromatic heterocycles. The summed E-state index contributed by atoms with van der Waals surface area (Å²) >= 11 is 0. The number of nitrogens with zero attached hydrogens (tertiary/aromatic N) is 2. The van der Waals surface area contributed by atoms with Gasteiger partial charge < -0.3 is 19.9 Å². The first-order valence-corrected chi connectivity index (χ1v) is 11.9. The van der Waals surface area contributed by atoms with E-state index in [1.54, 1.807) is 53.4 Å². The van der Waals surface area contributed by atoms with Crippen molar-refractivity contribution in [1.82, 2.24) is 15.1 Å². The van der Waals surface area contributed by atoms with Gasteiger partial charge in [0.05, 0.1) is 6.04 Å². The summed E-state index contributed by atoms with van der Waals surface area (Å²) in [5.74, 6) is -0.397. The van der Waals surface area contributed by atoms with Crippen molar-refractivity contribution in [3.63, 3.8) is 0 Å². The summed E-state index contributed by atoms with van der Waals surface area (Å²) in [6.45, 7) is 1.56. The number of hydrogen-bond acceptors (Lipinski definition) is 4. The lowest BCUT2D eigenvalue weighted by atomic mass is 9.89. The molecule has 1 aliphatic carbocycles. The van der Waals surface area contributed by atoms with E-state index in [0.717, 1.165) is 37.8 Å². The number of carbonyl (C=O) groups excluding carboxylic acids is 2. The fourth-order valence-electron chi connectivity index (χ4n) is 4.55. The molecule has 2 amide bonds. The lowest BCUT2D eigenvalue weighted by Crippen LogP contribution is -2.54. The molecule has 7 heteroatoms. The predicted octanol–water partition coefficient (Wildman–Crippen LogP) is 3.83. The maximum absolute atomic E-state index is 14.3. The van der Waals surface area contributed by atoms with E-state index in [1.165, 1.54) is 6.07 Å². The lowest BCUT2D eigenvalue weighted by molar-refractivity contribution is -0.149. The summed E-state index contributed by atoms with van der Waals surface area (Å²) in [5.41, 5.74) is 1.84. The van der Waals surface area contributed by atoms with Gasteiger partial charge in [0.2, 0.25) is 0 Å². The smallest absolute Gasteiger partial charge is 0.289 e. The van der Waals surface area contributed by atoms with Crippen LogP contribution in [0.1, 0.15) is 47.2 Å². The number of rotatable bonds is 7. The average Bonchev–Trinajstić information content (AvgIpc) is 2.83. The molecule has 1 heterocycles. The molecule has 0 bridgehead atoms. The van der Waals surface area contributed by atoms with Crippen molar-refractivity contribution in [1.29, 1.82) is 0 Å². The van der Waals surface area contributed by atoms with E-state index >= 15 is 0 Å². The number of likely N-dealkylation sites (N-methyl/N-ethyl adjacent to an activating group) is 1. The van der Waals surface area contributed by atoms with Gasteiger partial charge in [-0.15, -0.1) is 0 Å². The van der Waals surface area contributed by atoms with Crippen LogP contribution in [0.5, 0.6) is 0 Å². The first-order valence-electron chi connectivity index (χ1n) is 11.9. The Labute approximate surface area is 200 Å². The Balaban J connectivity index is 1.51. The molecule has 2 fully saturated rings. The quantitative estimate of drug-likeness (QED) is 0.632. The molecule has 34 heavy (non-hydrogen) atoms. The fourth-order valence-corrected chi connectivity index (χ4v) is 4.55. The summed E-state index contributed by atoms with van der Waals surface area (Å²) in [6, 6.07) is 13.6. The van der Waals surface area contributed by atoms with Gasteiger partial charge in [-0.2, -0.15) is 0 Å². The van der Waals surface area contributed by atoms with Crippen LogP contribution in [0.2, 0.25) is 0 Å². The Morgan fingerprint density at radius 2 is 1.88 bits per heavy atom. The number of fused-ring (bicyclic) bond motifs is 1. The number of amides is 2. The van der Waals surface area contributed by atoms with E-state index in [1.807, 2.05) is 19.0 Å². The standard InChI is InChI=1S/C27H32FN3O3/c1-30(2)16-15-29-26(32)20-13-11-19(12-14-20)17-25-27(33)31(18-21-7-3-4-8-22(21)28)23-9-5-6-10-24(23)34-25/h3-4,7-8,11-14,17,23-24H,5-6,9-10,15-16,18H2,1-2H3,(H,29,32)/b25-17-. The third-order valence-corrected chi connectivity index (χ3v) is 6.43. The van der Waals surface area contributed by atoms with Gasteiger partial charge in [0.25, 0.3) is 11.8 Å². The van der Waals surface area contributed by atoms with Crippen molar-refractivity contribution in [3.8, 4) is 0 Å². The number of nitrogens with one attached hydrogen (secondary N) is 1. The van der Waals surface area contributed by atoms with Crippen LogP contribution in [0.3, 0.4) is 0 Å². The Bertz CT molecular complexity index is 1050. The van der Waals surface area contributed by atoms with Crippen molar-refractivity contribution in [2.75, 3.05) is 27.2 Å². The van der Waals surface area contributed by atoms with E-state index in [4.69, 9.17) is 4.74 Å². The maximum Gasteiger partial charge on any atom is 0.289 e. The summed E-state index contributed by atoms with van der Waals surface area (Å²) < 4.78 is 20.5. The van der Waals surface area contributed by atoms with Crippen molar-refractivity contribution in [2.45, 2.75) is 44.4 Å². The van der Waals surface area contributed by atoms with Crippen LogP contribution < -0.4 is 5.32 Å². The van der Waals surface area contributed by atoms with Crippen molar-refractivity contribution < 1.29 is 18.7 Å². The molecule has 1 saturated carbocycles. The second kappa shape index (κ2) is 10.8. The third kappa shape index (κ3) is 5.65. The summed E-state index contributed by atoms with van der Waals surface area (Å²) in [4.78, 5) is 29.5. The molecule has 2 unspecified atom stereocenters. The minimum Gasteiger partial charge on any atom is -0.482 e. The van der Waals surface area contributed by atoms with Gasteiger partial charge >= 0.3 is 0 Å². The molecule has 1 saturated heterocycles. The number of carbonyl (C=O) groups is 2. The predicted molar refractivity (Wildman–Crippen MR) is 129 cm³/mol. The molecule has 2 aromatic rings. The van der Waals surface area contributed by atoms with Crippen molar-refractivity contribution >= 4 is 17.9 Å². The molecule has 0 spiro atoms. The minimum absolute atomic E-state index is 0.0498. The topological polar surface area (TPSA) is 61.9 Å². The molecule has 0 radical (unpaired) electrons. The minimum atomic E-state index is -0.306. The summed E-state index contributed by atoms with van der Waals surface area (Å²) in [6.07, 6.45) is 5.43. The molecular formula is C27H32FN3O3.